The zero-order chi connectivity index (χ0) is 17.2. The van der Waals surface area contributed by atoms with Crippen LogP contribution >= 0.6 is 12.2 Å². The van der Waals surface area contributed by atoms with Gasteiger partial charge >= 0.3 is 5.97 Å². The molecule has 0 fully saturated rings. The largest absolute Gasteiger partial charge is 0.491 e. The number of esters is 1. The van der Waals surface area contributed by atoms with E-state index in [1.54, 1.807) is 19.1 Å². The van der Waals surface area contributed by atoms with Crippen molar-refractivity contribution in [3.8, 4) is 5.75 Å². The summed E-state index contributed by atoms with van der Waals surface area (Å²) in [5, 5.41) is 5.59. The molecule has 1 rings (SSSR count). The van der Waals surface area contributed by atoms with E-state index in [4.69, 9.17) is 21.7 Å². The number of nitrogens with one attached hydrogen (secondary N) is 2. The summed E-state index contributed by atoms with van der Waals surface area (Å²) in [5.41, 5.74) is 0.733. The summed E-state index contributed by atoms with van der Waals surface area (Å²) in [6.45, 7) is 5.92. The van der Waals surface area contributed by atoms with Crippen LogP contribution in [0.3, 0.4) is 0 Å². The quantitative estimate of drug-likeness (QED) is 0.588. The van der Waals surface area contributed by atoms with Gasteiger partial charge in [-0.25, -0.2) is 0 Å². The number of amides is 1. The van der Waals surface area contributed by atoms with Crippen molar-refractivity contribution in [3.05, 3.63) is 24.3 Å². The van der Waals surface area contributed by atoms with E-state index in [1.165, 1.54) is 0 Å². The molecule has 0 bridgehead atoms. The Morgan fingerprint density at radius 2 is 1.83 bits per heavy atom. The molecule has 0 radical (unpaired) electrons. The minimum Gasteiger partial charge on any atom is -0.491 e. The van der Waals surface area contributed by atoms with E-state index < -0.39 is 5.97 Å². The standard InChI is InChI=1S/C16H22N2O4S/c1-4-21-15(20)10-9-14(19)18-16(23)17-12-5-7-13(8-6-12)22-11(2)3/h5-8,11H,4,9-10H2,1-3H3,(H2,17,18,19,23). The second-order valence-corrected chi connectivity index (χ2v) is 5.41. The number of ether oxygens (including phenoxy) is 2. The zero-order valence-electron chi connectivity index (χ0n) is 13.5. The molecule has 0 aromatic heterocycles. The molecule has 0 aliphatic carbocycles. The van der Waals surface area contributed by atoms with Gasteiger partial charge in [-0.3, -0.25) is 9.59 Å². The molecule has 7 heteroatoms. The highest BCUT2D eigenvalue weighted by molar-refractivity contribution is 7.80. The number of anilines is 1. The van der Waals surface area contributed by atoms with Crippen LogP contribution in [0.2, 0.25) is 0 Å². The summed E-state index contributed by atoms with van der Waals surface area (Å²) in [5.74, 6) is 0.0209. The van der Waals surface area contributed by atoms with Crippen molar-refractivity contribution in [1.29, 1.82) is 0 Å². The molecule has 0 atom stereocenters. The Morgan fingerprint density at radius 1 is 1.17 bits per heavy atom. The highest BCUT2D eigenvalue weighted by Crippen LogP contribution is 2.16. The molecule has 1 aromatic carbocycles. The molecule has 0 aliphatic heterocycles. The zero-order valence-corrected chi connectivity index (χ0v) is 14.4. The van der Waals surface area contributed by atoms with Crippen molar-refractivity contribution in [3.63, 3.8) is 0 Å². The Hall–Kier alpha value is -2.15. The van der Waals surface area contributed by atoms with Crippen molar-refractivity contribution in [2.75, 3.05) is 11.9 Å². The number of hydrogen-bond acceptors (Lipinski definition) is 5. The number of rotatable bonds is 7. The molecule has 0 spiro atoms. The highest BCUT2D eigenvalue weighted by atomic mass is 32.1. The number of benzene rings is 1. The fraction of sp³-hybridized carbons (Fsp3) is 0.438. The molecular formula is C16H22N2O4S. The Labute approximate surface area is 141 Å². The van der Waals surface area contributed by atoms with Crippen molar-refractivity contribution in [2.45, 2.75) is 39.7 Å². The van der Waals surface area contributed by atoms with Crippen LogP contribution in [0.4, 0.5) is 5.69 Å². The van der Waals surface area contributed by atoms with Gasteiger partial charge in [0, 0.05) is 12.1 Å². The topological polar surface area (TPSA) is 76.7 Å². The lowest BCUT2D eigenvalue weighted by molar-refractivity contribution is -0.144. The van der Waals surface area contributed by atoms with E-state index in [2.05, 4.69) is 10.6 Å². The molecule has 0 saturated heterocycles. The average molecular weight is 338 g/mol. The van der Waals surface area contributed by atoms with Gasteiger partial charge < -0.3 is 20.1 Å². The summed E-state index contributed by atoms with van der Waals surface area (Å²) in [4.78, 5) is 22.8. The maximum atomic E-state index is 11.7. The maximum Gasteiger partial charge on any atom is 0.306 e. The minimum atomic E-state index is -0.401. The van der Waals surface area contributed by atoms with Gasteiger partial charge in [0.1, 0.15) is 5.75 Å². The molecule has 126 valence electrons. The third-order valence-corrected chi connectivity index (χ3v) is 2.80. The van der Waals surface area contributed by atoms with Crippen LogP contribution in [0, 0.1) is 0 Å². The maximum absolute atomic E-state index is 11.7. The van der Waals surface area contributed by atoms with Gasteiger partial charge in [0.05, 0.1) is 19.1 Å². The lowest BCUT2D eigenvalue weighted by Crippen LogP contribution is -2.34. The molecule has 2 N–H and O–H groups in total. The summed E-state index contributed by atoms with van der Waals surface area (Å²) in [7, 11) is 0. The first-order valence-corrected chi connectivity index (χ1v) is 7.84. The van der Waals surface area contributed by atoms with Gasteiger partial charge in [-0.05, 0) is 57.3 Å². The molecule has 0 unspecified atom stereocenters. The SMILES string of the molecule is CCOC(=O)CCC(=O)NC(=S)Nc1ccc(OC(C)C)cc1. The molecule has 1 amide bonds. The van der Waals surface area contributed by atoms with Crippen molar-refractivity contribution >= 4 is 34.9 Å². The second kappa shape index (κ2) is 9.78. The number of carbonyl (C=O) groups excluding carboxylic acids is 2. The molecule has 6 nitrogen and oxygen atoms in total. The van der Waals surface area contributed by atoms with Gasteiger partial charge in [0.2, 0.25) is 5.91 Å². The van der Waals surface area contributed by atoms with Gasteiger partial charge in [0.15, 0.2) is 5.11 Å². The van der Waals surface area contributed by atoms with E-state index in [0.717, 1.165) is 11.4 Å². The molecule has 1 aromatic rings. The summed E-state index contributed by atoms with van der Waals surface area (Å²) in [6, 6.07) is 7.23. The smallest absolute Gasteiger partial charge is 0.306 e. The van der Waals surface area contributed by atoms with E-state index in [1.807, 2.05) is 26.0 Å². The third kappa shape index (κ3) is 8.15. The van der Waals surface area contributed by atoms with E-state index in [0.29, 0.717) is 6.61 Å². The normalized spacial score (nSPS) is 10.1. The molecular weight excluding hydrogens is 316 g/mol. The predicted octanol–water partition coefficient (Wildman–Crippen LogP) is 2.63. The summed E-state index contributed by atoms with van der Waals surface area (Å²) < 4.78 is 10.3. The minimum absolute atomic E-state index is 0.0296. The predicted molar refractivity (Wildman–Crippen MR) is 92.4 cm³/mol. The van der Waals surface area contributed by atoms with Crippen LogP contribution in [0.1, 0.15) is 33.6 Å². The lowest BCUT2D eigenvalue weighted by atomic mass is 10.3. The fourth-order valence-electron chi connectivity index (χ4n) is 1.69. The van der Waals surface area contributed by atoms with Gasteiger partial charge in [0.25, 0.3) is 0 Å². The Balaban J connectivity index is 2.38. The first-order chi connectivity index (χ1) is 10.9. The van der Waals surface area contributed by atoms with Crippen LogP contribution in [-0.2, 0) is 14.3 Å². The number of thiocarbonyl (C=S) groups is 1. The van der Waals surface area contributed by atoms with Gasteiger partial charge in [-0.1, -0.05) is 0 Å². The van der Waals surface area contributed by atoms with Crippen LogP contribution in [0.15, 0.2) is 24.3 Å². The number of hydrogen-bond donors (Lipinski definition) is 2. The van der Waals surface area contributed by atoms with Gasteiger partial charge in [-0.2, -0.15) is 0 Å². The van der Waals surface area contributed by atoms with E-state index in [-0.39, 0.29) is 30.0 Å². The van der Waals surface area contributed by atoms with Crippen LogP contribution in [0.25, 0.3) is 0 Å². The van der Waals surface area contributed by atoms with Crippen molar-refractivity contribution in [1.82, 2.24) is 5.32 Å². The van der Waals surface area contributed by atoms with Crippen LogP contribution in [0.5, 0.6) is 5.75 Å². The highest BCUT2D eigenvalue weighted by Gasteiger charge is 2.09. The van der Waals surface area contributed by atoms with Gasteiger partial charge in [-0.15, -0.1) is 0 Å². The lowest BCUT2D eigenvalue weighted by Gasteiger charge is -2.12. The Kier molecular flexibility index (Phi) is 8.04. The van der Waals surface area contributed by atoms with Crippen molar-refractivity contribution in [2.24, 2.45) is 0 Å². The first kappa shape index (κ1) is 18.9. The third-order valence-electron chi connectivity index (χ3n) is 2.60. The molecule has 0 aliphatic rings. The first-order valence-electron chi connectivity index (χ1n) is 7.44. The molecule has 0 saturated carbocycles. The molecule has 23 heavy (non-hydrogen) atoms. The van der Waals surface area contributed by atoms with E-state index in [9.17, 15) is 9.59 Å². The summed E-state index contributed by atoms with van der Waals surface area (Å²) >= 11 is 5.06. The fourth-order valence-corrected chi connectivity index (χ4v) is 1.92. The summed E-state index contributed by atoms with van der Waals surface area (Å²) in [6.07, 6.45) is 0.166. The monoisotopic (exact) mass is 338 g/mol. The van der Waals surface area contributed by atoms with Crippen LogP contribution < -0.4 is 15.4 Å². The second-order valence-electron chi connectivity index (χ2n) is 5.00. The number of carbonyl (C=O) groups is 2. The van der Waals surface area contributed by atoms with E-state index >= 15 is 0 Å². The van der Waals surface area contributed by atoms with Crippen molar-refractivity contribution < 1.29 is 19.1 Å². The Bertz CT molecular complexity index is 544. The average Bonchev–Trinajstić information content (AvgIpc) is 2.47. The molecule has 0 heterocycles. The van der Waals surface area contributed by atoms with Crippen LogP contribution in [-0.4, -0.2) is 29.7 Å². The Morgan fingerprint density at radius 3 is 2.39 bits per heavy atom.